The molecule has 75 heavy (non-hydrogen) atoms. The molecule has 0 fully saturated rings. The van der Waals surface area contributed by atoms with Crippen LogP contribution in [0, 0.1) is 0 Å². The lowest BCUT2D eigenvalue weighted by Crippen LogP contribution is -2.25. The van der Waals surface area contributed by atoms with Crippen LogP contribution in [-0.4, -0.2) is 15.0 Å². The molecule has 0 bridgehead atoms. The molecule has 3 heterocycles. The second-order valence-electron chi connectivity index (χ2n) is 19.8. The van der Waals surface area contributed by atoms with Gasteiger partial charge in [0.25, 0.3) is 0 Å². The van der Waals surface area contributed by atoms with Crippen molar-refractivity contribution in [2.75, 3.05) is 0 Å². The average Bonchev–Trinajstić information content (AvgIpc) is 4.23. The molecule has 0 radical (unpaired) electrons. The fourth-order valence-electron chi connectivity index (χ4n) is 12.5. The van der Waals surface area contributed by atoms with Crippen LogP contribution in [0.3, 0.4) is 0 Å². The van der Waals surface area contributed by atoms with Crippen molar-refractivity contribution in [3.05, 3.63) is 271 Å². The van der Waals surface area contributed by atoms with Crippen molar-refractivity contribution in [1.29, 1.82) is 0 Å². The minimum atomic E-state index is -0.412. The highest BCUT2D eigenvalue weighted by Crippen LogP contribution is 2.63. The Morgan fingerprint density at radius 3 is 1.47 bits per heavy atom. The Hall–Kier alpha value is -9.97. The molecule has 1 spiro atoms. The zero-order valence-electron chi connectivity index (χ0n) is 40.3. The molecular formula is C70H41N3O2. The van der Waals surface area contributed by atoms with Gasteiger partial charge in [0.05, 0.1) is 11.0 Å². The number of fused-ring (bicyclic) bond motifs is 16. The smallest absolute Gasteiger partial charge is 0.167 e. The monoisotopic (exact) mass is 955 g/mol. The topological polar surface area (TPSA) is 65.0 Å². The van der Waals surface area contributed by atoms with Gasteiger partial charge in [-0.1, -0.05) is 200 Å². The van der Waals surface area contributed by atoms with Gasteiger partial charge in [-0.15, -0.1) is 0 Å². The van der Waals surface area contributed by atoms with Gasteiger partial charge >= 0.3 is 0 Å². The minimum absolute atomic E-state index is 0.412. The van der Waals surface area contributed by atoms with Crippen LogP contribution in [0.2, 0.25) is 0 Å². The van der Waals surface area contributed by atoms with Crippen LogP contribution in [0.4, 0.5) is 0 Å². The quantitative estimate of drug-likeness (QED) is 0.166. The fraction of sp³-hybridized carbons (Fsp3) is 0.0143. The Morgan fingerprint density at radius 2 is 0.720 bits per heavy atom. The minimum Gasteiger partial charge on any atom is -0.456 e. The van der Waals surface area contributed by atoms with Crippen molar-refractivity contribution >= 4 is 43.9 Å². The van der Waals surface area contributed by atoms with E-state index in [-0.39, 0.29) is 0 Å². The summed E-state index contributed by atoms with van der Waals surface area (Å²) in [5, 5.41) is 3.97. The van der Waals surface area contributed by atoms with Gasteiger partial charge < -0.3 is 8.83 Å². The van der Waals surface area contributed by atoms with E-state index in [4.69, 9.17) is 23.8 Å². The molecule has 5 heteroatoms. The third kappa shape index (κ3) is 6.16. The number of aromatic nitrogens is 3. The Labute approximate surface area is 431 Å². The lowest BCUT2D eigenvalue weighted by molar-refractivity contribution is 0.668. The summed E-state index contributed by atoms with van der Waals surface area (Å²) in [7, 11) is 0. The molecule has 348 valence electrons. The maximum Gasteiger partial charge on any atom is 0.167 e. The summed E-state index contributed by atoms with van der Waals surface area (Å²) in [6.45, 7) is 0. The van der Waals surface area contributed by atoms with Gasteiger partial charge in [-0.2, -0.15) is 0 Å². The highest BCUT2D eigenvalue weighted by Gasteiger charge is 2.51. The molecule has 3 aromatic heterocycles. The van der Waals surface area contributed by atoms with E-state index in [9.17, 15) is 0 Å². The molecule has 2 aliphatic rings. The molecule has 2 aliphatic carbocycles. The highest BCUT2D eigenvalue weighted by atomic mass is 16.3. The zero-order valence-corrected chi connectivity index (χ0v) is 40.3. The van der Waals surface area contributed by atoms with Gasteiger partial charge in [0.15, 0.2) is 17.5 Å². The van der Waals surface area contributed by atoms with E-state index < -0.39 is 5.41 Å². The van der Waals surface area contributed by atoms with E-state index in [2.05, 4.69) is 200 Å². The first-order valence-corrected chi connectivity index (χ1v) is 25.5. The highest BCUT2D eigenvalue weighted by molar-refractivity contribution is 6.13. The van der Waals surface area contributed by atoms with Crippen LogP contribution >= 0.6 is 0 Å². The first-order chi connectivity index (χ1) is 37.2. The molecule has 11 aromatic carbocycles. The molecule has 0 amide bonds. The molecule has 0 saturated carbocycles. The summed E-state index contributed by atoms with van der Waals surface area (Å²) in [4.78, 5) is 15.9. The van der Waals surface area contributed by atoms with Gasteiger partial charge in [-0.3, -0.25) is 0 Å². The van der Waals surface area contributed by atoms with Gasteiger partial charge in [0, 0.05) is 32.7 Å². The second kappa shape index (κ2) is 16.0. The fourth-order valence-corrected chi connectivity index (χ4v) is 12.5. The van der Waals surface area contributed by atoms with Crippen molar-refractivity contribution in [3.63, 3.8) is 0 Å². The Morgan fingerprint density at radius 1 is 0.253 bits per heavy atom. The van der Waals surface area contributed by atoms with E-state index in [1.54, 1.807) is 0 Å². The van der Waals surface area contributed by atoms with Crippen molar-refractivity contribution < 1.29 is 8.83 Å². The number of nitrogens with zero attached hydrogens (tertiary/aromatic N) is 3. The molecule has 0 N–H and O–H groups in total. The predicted octanol–water partition coefficient (Wildman–Crippen LogP) is 18.0. The summed E-state index contributed by atoms with van der Waals surface area (Å²) >= 11 is 0. The predicted molar refractivity (Wildman–Crippen MR) is 303 cm³/mol. The normalized spacial score (nSPS) is 12.9. The third-order valence-corrected chi connectivity index (χ3v) is 15.8. The van der Waals surface area contributed by atoms with Gasteiger partial charge in [0.1, 0.15) is 22.3 Å². The zero-order chi connectivity index (χ0) is 49.2. The third-order valence-electron chi connectivity index (χ3n) is 15.8. The average molecular weight is 956 g/mol. The Kier molecular flexibility index (Phi) is 8.89. The first kappa shape index (κ1) is 41.6. The van der Waals surface area contributed by atoms with Crippen molar-refractivity contribution in [1.82, 2.24) is 15.0 Å². The maximum absolute atomic E-state index is 6.66. The Balaban J connectivity index is 0.842. The summed E-state index contributed by atoms with van der Waals surface area (Å²) in [6.07, 6.45) is 0. The van der Waals surface area contributed by atoms with Crippen LogP contribution in [0.5, 0.6) is 0 Å². The van der Waals surface area contributed by atoms with E-state index in [0.717, 1.165) is 88.4 Å². The van der Waals surface area contributed by atoms with Crippen LogP contribution in [-0.2, 0) is 5.41 Å². The lowest BCUT2D eigenvalue weighted by atomic mass is 9.70. The number of rotatable bonds is 6. The maximum atomic E-state index is 6.66. The van der Waals surface area contributed by atoms with E-state index in [0.29, 0.717) is 17.5 Å². The molecule has 14 aromatic rings. The van der Waals surface area contributed by atoms with E-state index >= 15 is 0 Å². The Bertz CT molecular complexity index is 4610. The second-order valence-corrected chi connectivity index (χ2v) is 19.8. The van der Waals surface area contributed by atoms with Crippen molar-refractivity contribution in [3.8, 4) is 89.8 Å². The summed E-state index contributed by atoms with van der Waals surface area (Å²) in [6, 6.07) is 88.8. The van der Waals surface area contributed by atoms with Crippen molar-refractivity contribution in [2.45, 2.75) is 5.41 Å². The van der Waals surface area contributed by atoms with Gasteiger partial charge in [-0.05, 0) is 126 Å². The molecule has 16 rings (SSSR count). The van der Waals surface area contributed by atoms with E-state index in [1.807, 2.05) is 48.5 Å². The van der Waals surface area contributed by atoms with Crippen LogP contribution in [0.1, 0.15) is 22.3 Å². The van der Waals surface area contributed by atoms with Crippen LogP contribution < -0.4 is 0 Å². The van der Waals surface area contributed by atoms with Crippen LogP contribution in [0.15, 0.2) is 258 Å². The largest absolute Gasteiger partial charge is 0.456 e. The van der Waals surface area contributed by atoms with E-state index in [1.165, 1.54) is 50.1 Å². The molecule has 5 nitrogen and oxygen atoms in total. The summed E-state index contributed by atoms with van der Waals surface area (Å²) < 4.78 is 13.2. The van der Waals surface area contributed by atoms with Crippen molar-refractivity contribution in [2.24, 2.45) is 0 Å². The van der Waals surface area contributed by atoms with Crippen LogP contribution in [0.25, 0.3) is 134 Å². The van der Waals surface area contributed by atoms with Gasteiger partial charge in [0.2, 0.25) is 0 Å². The molecule has 0 unspecified atom stereocenters. The molecule has 0 atom stereocenters. The summed E-state index contributed by atoms with van der Waals surface area (Å²) in [5.74, 6) is 1.62. The number of furan rings is 2. The number of hydrogen-bond donors (Lipinski definition) is 0. The first-order valence-electron chi connectivity index (χ1n) is 25.5. The number of benzene rings is 11. The number of para-hydroxylation sites is 2. The standard InChI is InChI=1S/C70H41N3O2/c1-2-16-42(17-3-1)43-18-13-21-48(39-43)67-71-68(73-69(72-67)56-28-14-26-54-53-25-7-11-32-62(53)75-66(54)56)55-27-15-33-64-65(55)57-40-46(35-37-63(57)74-64)44-19-12-20-45(38-44)47-34-36-52-51-24-6-10-31-60(51)70(61(52)41-47)58-29-8-4-22-49(58)50-23-5-9-30-59(50)70/h1-41H. The SMILES string of the molecule is c1ccc(-c2cccc(-c3nc(-c4cccc5c4oc4ccccc45)nc(-c4cccc5oc6ccc(-c7cccc(-c8ccc9c(c8)C8(c%10ccccc%10-c%10ccccc%108)c8ccccc8-9)c7)cc6c45)n3)c2)cc1. The lowest BCUT2D eigenvalue weighted by Gasteiger charge is -2.30. The molecule has 0 saturated heterocycles. The number of hydrogen-bond acceptors (Lipinski definition) is 5. The summed E-state index contributed by atoms with van der Waals surface area (Å²) in [5.41, 5.74) is 22.4. The molecule has 0 aliphatic heterocycles. The molecular weight excluding hydrogens is 915 g/mol. The van der Waals surface area contributed by atoms with Gasteiger partial charge in [-0.25, -0.2) is 15.0 Å².